The van der Waals surface area contributed by atoms with E-state index in [1.807, 2.05) is 6.92 Å². The molecule has 0 radical (unpaired) electrons. The highest BCUT2D eigenvalue weighted by Crippen LogP contribution is 2.30. The molecule has 2 atom stereocenters. The third-order valence-corrected chi connectivity index (χ3v) is 5.50. The van der Waals surface area contributed by atoms with Crippen LogP contribution in [0.5, 0.6) is 0 Å². The van der Waals surface area contributed by atoms with Gasteiger partial charge in [-0.25, -0.2) is 17.9 Å². The number of nitrogens with one attached hydrogen (secondary N) is 1. The highest BCUT2D eigenvalue weighted by molar-refractivity contribution is 7.89. The van der Waals surface area contributed by atoms with Gasteiger partial charge in [-0.2, -0.15) is 0 Å². The second-order valence-electron chi connectivity index (χ2n) is 5.36. The number of carbonyl (C=O) groups is 1. The number of carboxylic acid groups (broad SMARTS) is 1. The number of aromatic carboxylic acids is 1. The first kappa shape index (κ1) is 15.1. The summed E-state index contributed by atoms with van der Waals surface area (Å²) in [6, 6.07) is -0.142. The highest BCUT2D eigenvalue weighted by Gasteiger charge is 2.34. The van der Waals surface area contributed by atoms with Gasteiger partial charge in [0.25, 0.3) is 0 Å². The fourth-order valence-corrected chi connectivity index (χ4v) is 4.60. The molecule has 0 spiro atoms. The van der Waals surface area contributed by atoms with Gasteiger partial charge in [-0.05, 0) is 32.6 Å². The molecule has 1 aliphatic rings. The standard InChI is InChI=1S/C13H19NO5S/c1-7-5-4-6-10(7)14-20(17,18)12-9(3)19-8(2)11(12)13(15)16/h7,10,14H,4-6H2,1-3H3,(H,15,16). The number of hydrogen-bond donors (Lipinski definition) is 2. The number of rotatable bonds is 4. The fourth-order valence-electron chi connectivity index (χ4n) is 2.81. The Balaban J connectivity index is 2.42. The minimum absolute atomic E-state index is 0.106. The summed E-state index contributed by atoms with van der Waals surface area (Å²) in [6.07, 6.45) is 2.73. The van der Waals surface area contributed by atoms with Crippen LogP contribution in [0.15, 0.2) is 9.31 Å². The third kappa shape index (κ3) is 2.60. The van der Waals surface area contributed by atoms with E-state index in [-0.39, 0.29) is 33.9 Å². The Morgan fingerprint density at radius 2 is 1.95 bits per heavy atom. The van der Waals surface area contributed by atoms with Gasteiger partial charge >= 0.3 is 5.97 Å². The van der Waals surface area contributed by atoms with Crippen molar-refractivity contribution in [3.8, 4) is 0 Å². The Morgan fingerprint density at radius 1 is 1.30 bits per heavy atom. The molecule has 0 saturated heterocycles. The summed E-state index contributed by atoms with van der Waals surface area (Å²) in [6.45, 7) is 4.91. The van der Waals surface area contributed by atoms with Gasteiger partial charge in [0.05, 0.1) is 0 Å². The maximum atomic E-state index is 12.5. The minimum Gasteiger partial charge on any atom is -0.478 e. The summed E-state index contributed by atoms with van der Waals surface area (Å²) in [5, 5.41) is 9.18. The van der Waals surface area contributed by atoms with Gasteiger partial charge in [0.1, 0.15) is 22.0 Å². The van der Waals surface area contributed by atoms with Crippen LogP contribution in [0.2, 0.25) is 0 Å². The summed E-state index contributed by atoms with van der Waals surface area (Å²) < 4.78 is 32.7. The van der Waals surface area contributed by atoms with Crippen LogP contribution < -0.4 is 4.72 Å². The first-order valence-electron chi connectivity index (χ1n) is 6.59. The molecule has 0 aromatic carbocycles. The first-order valence-corrected chi connectivity index (χ1v) is 8.08. The fraction of sp³-hybridized carbons (Fsp3) is 0.615. The van der Waals surface area contributed by atoms with Crippen LogP contribution in [0.25, 0.3) is 0 Å². The molecule has 1 saturated carbocycles. The summed E-state index contributed by atoms with van der Waals surface area (Å²) >= 11 is 0. The molecule has 1 heterocycles. The predicted molar refractivity (Wildman–Crippen MR) is 72.3 cm³/mol. The van der Waals surface area contributed by atoms with Crippen molar-refractivity contribution in [1.82, 2.24) is 4.72 Å². The van der Waals surface area contributed by atoms with E-state index in [4.69, 9.17) is 4.42 Å². The number of carboxylic acids is 1. The Kier molecular flexibility index (Phi) is 3.93. The molecule has 2 unspecified atom stereocenters. The van der Waals surface area contributed by atoms with Gasteiger partial charge in [-0.15, -0.1) is 0 Å². The Labute approximate surface area is 118 Å². The molecule has 2 N–H and O–H groups in total. The summed E-state index contributed by atoms with van der Waals surface area (Å²) in [5.74, 6) is -0.821. The van der Waals surface area contributed by atoms with E-state index in [9.17, 15) is 18.3 Å². The van der Waals surface area contributed by atoms with E-state index < -0.39 is 16.0 Å². The van der Waals surface area contributed by atoms with Crippen molar-refractivity contribution in [3.05, 3.63) is 17.1 Å². The summed E-state index contributed by atoms with van der Waals surface area (Å²) in [7, 11) is -3.89. The van der Waals surface area contributed by atoms with Gasteiger partial charge in [0, 0.05) is 6.04 Å². The quantitative estimate of drug-likeness (QED) is 0.887. The molecule has 1 aromatic heterocycles. The largest absolute Gasteiger partial charge is 0.478 e. The van der Waals surface area contributed by atoms with Gasteiger partial charge in [-0.3, -0.25) is 0 Å². The second-order valence-corrected chi connectivity index (χ2v) is 7.01. The van der Waals surface area contributed by atoms with E-state index in [2.05, 4.69) is 4.72 Å². The van der Waals surface area contributed by atoms with Crippen LogP contribution in [0, 0.1) is 19.8 Å². The maximum Gasteiger partial charge on any atom is 0.340 e. The van der Waals surface area contributed by atoms with Gasteiger partial charge in [0.2, 0.25) is 10.0 Å². The normalized spacial score (nSPS) is 23.1. The molecule has 1 fully saturated rings. The zero-order valence-electron chi connectivity index (χ0n) is 11.8. The topological polar surface area (TPSA) is 96.6 Å². The average Bonchev–Trinajstić information content (AvgIpc) is 2.82. The van der Waals surface area contributed by atoms with E-state index in [1.54, 1.807) is 0 Å². The molecule has 1 aromatic rings. The van der Waals surface area contributed by atoms with Crippen LogP contribution in [0.4, 0.5) is 0 Å². The van der Waals surface area contributed by atoms with Crippen molar-refractivity contribution in [2.24, 2.45) is 5.92 Å². The number of aryl methyl sites for hydroxylation is 2. The molecule has 6 nitrogen and oxygen atoms in total. The van der Waals surface area contributed by atoms with Crippen LogP contribution in [-0.4, -0.2) is 25.5 Å². The lowest BCUT2D eigenvalue weighted by Crippen LogP contribution is -2.37. The van der Waals surface area contributed by atoms with Crippen molar-refractivity contribution < 1.29 is 22.7 Å². The highest BCUT2D eigenvalue weighted by atomic mass is 32.2. The van der Waals surface area contributed by atoms with Gasteiger partial charge < -0.3 is 9.52 Å². The van der Waals surface area contributed by atoms with Gasteiger partial charge in [0.15, 0.2) is 0 Å². The predicted octanol–water partition coefficient (Wildman–Crippen LogP) is 2.06. The minimum atomic E-state index is -3.89. The molecule has 7 heteroatoms. The number of furan rings is 1. The smallest absolute Gasteiger partial charge is 0.340 e. The van der Waals surface area contributed by atoms with Crippen LogP contribution >= 0.6 is 0 Å². The monoisotopic (exact) mass is 301 g/mol. The van der Waals surface area contributed by atoms with E-state index in [1.165, 1.54) is 13.8 Å². The molecule has 20 heavy (non-hydrogen) atoms. The summed E-state index contributed by atoms with van der Waals surface area (Å²) in [5.41, 5.74) is -0.277. The van der Waals surface area contributed by atoms with Crippen LogP contribution in [0.3, 0.4) is 0 Å². The SMILES string of the molecule is Cc1oc(C)c(S(=O)(=O)NC2CCCC2C)c1C(=O)O. The molecule has 1 aliphatic carbocycles. The number of hydrogen-bond acceptors (Lipinski definition) is 4. The van der Waals surface area contributed by atoms with Crippen molar-refractivity contribution in [3.63, 3.8) is 0 Å². The third-order valence-electron chi connectivity index (χ3n) is 3.86. The Bertz CT molecular complexity index is 631. The molecule has 0 aliphatic heterocycles. The van der Waals surface area contributed by atoms with E-state index in [0.29, 0.717) is 0 Å². The van der Waals surface area contributed by atoms with E-state index in [0.717, 1.165) is 19.3 Å². The molecule has 2 rings (SSSR count). The first-order chi connectivity index (χ1) is 9.24. The molecular formula is C13H19NO5S. The van der Waals surface area contributed by atoms with Crippen molar-refractivity contribution in [1.29, 1.82) is 0 Å². The maximum absolute atomic E-state index is 12.5. The van der Waals surface area contributed by atoms with E-state index >= 15 is 0 Å². The van der Waals surface area contributed by atoms with Gasteiger partial charge in [-0.1, -0.05) is 13.3 Å². The van der Waals surface area contributed by atoms with Crippen LogP contribution in [0.1, 0.15) is 48.1 Å². The average molecular weight is 301 g/mol. The molecule has 0 amide bonds. The van der Waals surface area contributed by atoms with Crippen molar-refractivity contribution >= 4 is 16.0 Å². The second kappa shape index (κ2) is 5.21. The molecule has 112 valence electrons. The molecule has 0 bridgehead atoms. The summed E-state index contributed by atoms with van der Waals surface area (Å²) in [4.78, 5) is 11.0. The Morgan fingerprint density at radius 3 is 2.45 bits per heavy atom. The van der Waals surface area contributed by atoms with Crippen LogP contribution in [-0.2, 0) is 10.0 Å². The lowest BCUT2D eigenvalue weighted by atomic mass is 10.1. The lowest BCUT2D eigenvalue weighted by molar-refractivity contribution is 0.0691. The zero-order chi connectivity index (χ0) is 15.1. The van der Waals surface area contributed by atoms with Crippen molar-refractivity contribution in [2.75, 3.05) is 0 Å². The number of sulfonamides is 1. The lowest BCUT2D eigenvalue weighted by Gasteiger charge is -2.17. The zero-order valence-corrected chi connectivity index (χ0v) is 12.6. The Hall–Kier alpha value is -1.34. The van der Waals surface area contributed by atoms with Crippen molar-refractivity contribution in [2.45, 2.75) is 51.0 Å². The molecular weight excluding hydrogens is 282 g/mol.